The molecule has 0 aliphatic carbocycles. The number of nitrogens with one attached hydrogen (secondary N) is 1. The first-order valence-corrected chi connectivity index (χ1v) is 11.0. The molecular weight excluding hydrogens is 398 g/mol. The molecule has 1 saturated heterocycles. The van der Waals surface area contributed by atoms with Gasteiger partial charge < -0.3 is 19.7 Å². The number of morpholine rings is 1. The number of amides is 1. The van der Waals surface area contributed by atoms with Crippen molar-refractivity contribution in [1.29, 1.82) is 0 Å². The first-order valence-electron chi connectivity index (χ1n) is 9.52. The van der Waals surface area contributed by atoms with Crippen molar-refractivity contribution in [1.82, 2.24) is 9.62 Å². The Balaban J connectivity index is 2.29. The van der Waals surface area contributed by atoms with Gasteiger partial charge in [-0.05, 0) is 31.5 Å². The van der Waals surface area contributed by atoms with Gasteiger partial charge in [0.1, 0.15) is 0 Å². The van der Waals surface area contributed by atoms with E-state index in [4.69, 9.17) is 9.47 Å². The monoisotopic (exact) mass is 427 g/mol. The minimum atomic E-state index is -3.73. The average Bonchev–Trinajstić information content (AvgIpc) is 2.71. The van der Waals surface area contributed by atoms with E-state index in [1.54, 1.807) is 6.07 Å². The molecule has 10 heteroatoms. The molecule has 0 saturated carbocycles. The third-order valence-corrected chi connectivity index (χ3v) is 6.48. The van der Waals surface area contributed by atoms with Crippen molar-refractivity contribution < 1.29 is 27.5 Å². The fourth-order valence-corrected chi connectivity index (χ4v) is 3.69. The highest BCUT2D eigenvalue weighted by atomic mass is 32.2. The molecule has 1 aromatic rings. The van der Waals surface area contributed by atoms with Gasteiger partial charge in [0.25, 0.3) is 5.91 Å². The molecule has 0 aromatic heterocycles. The zero-order valence-electron chi connectivity index (χ0n) is 17.3. The fourth-order valence-electron chi connectivity index (χ4n) is 2.76. The lowest BCUT2D eigenvalue weighted by Gasteiger charge is -2.30. The smallest absolute Gasteiger partial charge is 0.340 e. The summed E-state index contributed by atoms with van der Waals surface area (Å²) in [4.78, 5) is 26.6. The maximum Gasteiger partial charge on any atom is 0.340 e. The predicted octanol–water partition coefficient (Wildman–Crippen LogP) is 0.845. The molecule has 1 aliphatic rings. The lowest BCUT2D eigenvalue weighted by Crippen LogP contribution is -2.38. The standard InChI is InChI=1S/C19H29N3O6S/c1-5-14(2)20-18(23)13-28-19(24)16-12-15(29(25,26)21(3)4)6-7-17(16)22-8-10-27-11-9-22/h6-7,12,14H,5,8-11,13H2,1-4H3,(H,20,23)/t14-/m0/s1. The van der Waals surface area contributed by atoms with Crippen LogP contribution in [-0.4, -0.2) is 77.6 Å². The summed E-state index contributed by atoms with van der Waals surface area (Å²) in [6.45, 7) is 5.49. The summed E-state index contributed by atoms with van der Waals surface area (Å²) in [6.07, 6.45) is 0.755. The number of anilines is 1. The number of hydrogen-bond acceptors (Lipinski definition) is 7. The van der Waals surface area contributed by atoms with Crippen LogP contribution >= 0.6 is 0 Å². The molecule has 1 fully saturated rings. The number of hydrogen-bond donors (Lipinski definition) is 1. The summed E-state index contributed by atoms with van der Waals surface area (Å²) >= 11 is 0. The number of rotatable bonds is 8. The summed E-state index contributed by atoms with van der Waals surface area (Å²) in [6, 6.07) is 4.33. The second kappa shape index (κ2) is 10.0. The van der Waals surface area contributed by atoms with Crippen LogP contribution in [0.25, 0.3) is 0 Å². The topological polar surface area (TPSA) is 105 Å². The maximum absolute atomic E-state index is 12.7. The minimum Gasteiger partial charge on any atom is -0.452 e. The lowest BCUT2D eigenvalue weighted by atomic mass is 10.1. The number of nitrogens with zero attached hydrogens (tertiary/aromatic N) is 2. The van der Waals surface area contributed by atoms with E-state index in [2.05, 4.69) is 5.32 Å². The molecule has 29 heavy (non-hydrogen) atoms. The Bertz CT molecular complexity index is 834. The molecule has 1 atom stereocenters. The third kappa shape index (κ3) is 5.91. The second-order valence-electron chi connectivity index (χ2n) is 7.02. The van der Waals surface area contributed by atoms with E-state index in [1.807, 2.05) is 18.7 Å². The SMILES string of the molecule is CC[C@H](C)NC(=O)COC(=O)c1cc(S(=O)(=O)N(C)C)ccc1N1CCOCC1. The van der Waals surface area contributed by atoms with Crippen LogP contribution in [0.4, 0.5) is 5.69 Å². The Labute approximate surface area is 172 Å². The van der Waals surface area contributed by atoms with Gasteiger partial charge in [-0.1, -0.05) is 6.92 Å². The van der Waals surface area contributed by atoms with Crippen molar-refractivity contribution in [2.24, 2.45) is 0 Å². The normalized spacial score (nSPS) is 15.8. The molecule has 1 heterocycles. The van der Waals surface area contributed by atoms with Crippen molar-refractivity contribution in [3.63, 3.8) is 0 Å². The van der Waals surface area contributed by atoms with Gasteiger partial charge in [0, 0.05) is 33.2 Å². The Morgan fingerprint density at radius 1 is 1.28 bits per heavy atom. The van der Waals surface area contributed by atoms with Crippen LogP contribution in [0, 0.1) is 0 Å². The first-order chi connectivity index (χ1) is 13.7. The van der Waals surface area contributed by atoms with Gasteiger partial charge in [-0.3, -0.25) is 4.79 Å². The highest BCUT2D eigenvalue weighted by Gasteiger charge is 2.25. The average molecular weight is 428 g/mol. The van der Waals surface area contributed by atoms with E-state index in [-0.39, 0.29) is 16.5 Å². The summed E-state index contributed by atoms with van der Waals surface area (Å²) < 4.78 is 36.6. The van der Waals surface area contributed by atoms with Gasteiger partial charge in [0.2, 0.25) is 10.0 Å². The molecule has 9 nitrogen and oxygen atoms in total. The van der Waals surface area contributed by atoms with E-state index in [1.165, 1.54) is 26.2 Å². The van der Waals surface area contributed by atoms with Crippen LogP contribution in [0.2, 0.25) is 0 Å². The van der Waals surface area contributed by atoms with Gasteiger partial charge in [-0.15, -0.1) is 0 Å². The lowest BCUT2D eigenvalue weighted by molar-refractivity contribution is -0.124. The minimum absolute atomic E-state index is 0.0180. The van der Waals surface area contributed by atoms with E-state index in [9.17, 15) is 18.0 Å². The molecule has 1 N–H and O–H groups in total. The molecular formula is C19H29N3O6S. The Morgan fingerprint density at radius 3 is 2.52 bits per heavy atom. The fraction of sp³-hybridized carbons (Fsp3) is 0.579. The van der Waals surface area contributed by atoms with Crippen molar-refractivity contribution in [2.45, 2.75) is 31.2 Å². The number of benzene rings is 1. The van der Waals surface area contributed by atoms with Crippen LogP contribution < -0.4 is 10.2 Å². The van der Waals surface area contributed by atoms with Gasteiger partial charge in [-0.2, -0.15) is 0 Å². The Hall–Kier alpha value is -2.17. The second-order valence-corrected chi connectivity index (χ2v) is 9.17. The molecule has 2 rings (SSSR count). The van der Waals surface area contributed by atoms with Crippen LogP contribution in [0.1, 0.15) is 30.6 Å². The zero-order chi connectivity index (χ0) is 21.6. The van der Waals surface area contributed by atoms with Crippen molar-refractivity contribution >= 4 is 27.6 Å². The molecule has 0 radical (unpaired) electrons. The van der Waals surface area contributed by atoms with E-state index in [0.29, 0.717) is 32.0 Å². The first kappa shape index (κ1) is 23.1. The van der Waals surface area contributed by atoms with Crippen LogP contribution in [0.3, 0.4) is 0 Å². The summed E-state index contributed by atoms with van der Waals surface area (Å²) in [5, 5.41) is 2.72. The molecule has 0 unspecified atom stereocenters. The zero-order valence-corrected chi connectivity index (χ0v) is 18.1. The highest BCUT2D eigenvalue weighted by Crippen LogP contribution is 2.27. The van der Waals surface area contributed by atoms with Crippen molar-refractivity contribution in [2.75, 3.05) is 51.9 Å². The number of ether oxygens (including phenoxy) is 2. The molecule has 0 bridgehead atoms. The van der Waals surface area contributed by atoms with Gasteiger partial charge in [0.15, 0.2) is 6.61 Å². The quantitative estimate of drug-likeness (QED) is 0.613. The third-order valence-electron chi connectivity index (χ3n) is 4.67. The summed E-state index contributed by atoms with van der Waals surface area (Å²) in [5.74, 6) is -1.15. The molecule has 1 aromatic carbocycles. The summed E-state index contributed by atoms with van der Waals surface area (Å²) in [5.41, 5.74) is 0.657. The van der Waals surface area contributed by atoms with Crippen molar-refractivity contribution in [3.8, 4) is 0 Å². The van der Waals surface area contributed by atoms with E-state index in [0.717, 1.165) is 10.7 Å². The summed E-state index contributed by atoms with van der Waals surface area (Å²) in [7, 11) is -0.890. The number of esters is 1. The van der Waals surface area contributed by atoms with Crippen LogP contribution in [-0.2, 0) is 24.3 Å². The van der Waals surface area contributed by atoms with Gasteiger partial charge in [-0.25, -0.2) is 17.5 Å². The van der Waals surface area contributed by atoms with Crippen LogP contribution in [0.5, 0.6) is 0 Å². The van der Waals surface area contributed by atoms with Crippen molar-refractivity contribution in [3.05, 3.63) is 23.8 Å². The Kier molecular flexibility index (Phi) is 8.00. The number of sulfonamides is 1. The maximum atomic E-state index is 12.7. The predicted molar refractivity (Wildman–Crippen MR) is 109 cm³/mol. The van der Waals surface area contributed by atoms with Gasteiger partial charge >= 0.3 is 5.97 Å². The highest BCUT2D eigenvalue weighted by molar-refractivity contribution is 7.89. The van der Waals surface area contributed by atoms with E-state index < -0.39 is 28.5 Å². The van der Waals surface area contributed by atoms with Gasteiger partial charge in [0.05, 0.1) is 29.4 Å². The number of carbonyl (C=O) groups is 2. The van der Waals surface area contributed by atoms with E-state index >= 15 is 0 Å². The largest absolute Gasteiger partial charge is 0.452 e. The molecule has 1 amide bonds. The van der Waals surface area contributed by atoms with Crippen LogP contribution in [0.15, 0.2) is 23.1 Å². The Morgan fingerprint density at radius 2 is 1.93 bits per heavy atom. The number of carbonyl (C=O) groups excluding carboxylic acids is 2. The molecule has 0 spiro atoms. The molecule has 1 aliphatic heterocycles. The molecule has 162 valence electrons.